The number of nitrogens with two attached hydrogens (primary N) is 1. The van der Waals surface area contributed by atoms with Crippen LogP contribution in [0.3, 0.4) is 0 Å². The maximum Gasteiger partial charge on any atom is 0.219 e. The molecule has 1 aliphatic carbocycles. The molecule has 0 atom stereocenters. The molecule has 1 heterocycles. The van der Waals surface area contributed by atoms with E-state index in [2.05, 4.69) is 32.2 Å². The molecule has 1 aromatic rings. The van der Waals surface area contributed by atoms with Gasteiger partial charge >= 0.3 is 0 Å². The van der Waals surface area contributed by atoms with Crippen molar-refractivity contribution in [1.82, 2.24) is 0 Å². The van der Waals surface area contributed by atoms with Crippen LogP contribution in [0.2, 0.25) is 13.1 Å². The molecule has 2 aliphatic rings. The summed E-state index contributed by atoms with van der Waals surface area (Å²) in [7, 11) is -1.69. The Labute approximate surface area is 97.9 Å². The van der Waals surface area contributed by atoms with Crippen molar-refractivity contribution in [3.63, 3.8) is 0 Å². The first-order chi connectivity index (χ1) is 7.44. The third kappa shape index (κ3) is 1.32. The Morgan fingerprint density at radius 1 is 1.31 bits per heavy atom. The molecule has 2 nitrogen and oxygen atoms in total. The maximum absolute atomic E-state index is 6.38. The van der Waals surface area contributed by atoms with Crippen LogP contribution in [-0.4, -0.2) is 8.32 Å². The lowest BCUT2D eigenvalue weighted by Crippen LogP contribution is -2.45. The van der Waals surface area contributed by atoms with Gasteiger partial charge in [-0.3, -0.25) is 0 Å². The zero-order valence-corrected chi connectivity index (χ0v) is 11.3. The van der Waals surface area contributed by atoms with Gasteiger partial charge in [-0.25, -0.2) is 0 Å². The number of hydrogen-bond acceptors (Lipinski definition) is 2. The second kappa shape index (κ2) is 2.97. The molecule has 0 amide bonds. The first-order valence-corrected chi connectivity index (χ1v) is 8.91. The van der Waals surface area contributed by atoms with Crippen LogP contribution in [0.1, 0.15) is 29.5 Å². The van der Waals surface area contributed by atoms with Gasteiger partial charge in [0.15, 0.2) is 0 Å². The van der Waals surface area contributed by atoms with Crippen molar-refractivity contribution in [3.8, 4) is 0 Å². The van der Waals surface area contributed by atoms with Gasteiger partial charge in [-0.1, -0.05) is 12.1 Å². The lowest BCUT2D eigenvalue weighted by atomic mass is 9.99. The van der Waals surface area contributed by atoms with Crippen molar-refractivity contribution < 1.29 is 4.43 Å². The topological polar surface area (TPSA) is 35.2 Å². The highest BCUT2D eigenvalue weighted by molar-refractivity contribution is 6.85. The molecule has 0 unspecified atom stereocenters. The van der Waals surface area contributed by atoms with Crippen LogP contribution in [0.25, 0.3) is 0 Å². The molecule has 0 spiro atoms. The van der Waals surface area contributed by atoms with Crippen LogP contribution < -0.4 is 10.9 Å². The van der Waals surface area contributed by atoms with E-state index in [1.807, 2.05) is 0 Å². The summed E-state index contributed by atoms with van der Waals surface area (Å²) in [5.74, 6) is 0. The molecule has 86 valence electrons. The highest BCUT2D eigenvalue weighted by Gasteiger charge is 2.47. The molecule has 0 saturated heterocycles. The summed E-state index contributed by atoms with van der Waals surface area (Å²) in [4.78, 5) is 0. The molecule has 3 rings (SSSR count). The molecule has 16 heavy (non-hydrogen) atoms. The SMILES string of the molecule is Cc1ccc(C2(N)CC2)c2c1CO[Si]2(C)C. The summed E-state index contributed by atoms with van der Waals surface area (Å²) in [6.45, 7) is 7.54. The molecular weight excluding hydrogens is 214 g/mol. The maximum atomic E-state index is 6.38. The fourth-order valence-corrected chi connectivity index (χ4v) is 5.40. The third-order valence-electron chi connectivity index (χ3n) is 4.05. The summed E-state index contributed by atoms with van der Waals surface area (Å²) in [5, 5.41) is 1.49. The van der Waals surface area contributed by atoms with E-state index in [9.17, 15) is 0 Å². The van der Waals surface area contributed by atoms with Crippen LogP contribution >= 0.6 is 0 Å². The van der Waals surface area contributed by atoms with Gasteiger partial charge in [0, 0.05) is 5.54 Å². The molecule has 1 fully saturated rings. The van der Waals surface area contributed by atoms with Crippen LogP contribution in [0.15, 0.2) is 12.1 Å². The van der Waals surface area contributed by atoms with Gasteiger partial charge < -0.3 is 10.2 Å². The second-order valence-corrected chi connectivity index (χ2v) is 9.55. The van der Waals surface area contributed by atoms with Crippen molar-refractivity contribution >= 4 is 13.5 Å². The molecule has 0 radical (unpaired) electrons. The van der Waals surface area contributed by atoms with Gasteiger partial charge in [0.05, 0.1) is 6.61 Å². The normalized spacial score (nSPS) is 24.2. The Hall–Kier alpha value is -0.643. The summed E-state index contributed by atoms with van der Waals surface area (Å²) < 4.78 is 6.04. The number of rotatable bonds is 1. The Bertz CT molecular complexity index is 463. The van der Waals surface area contributed by atoms with Crippen molar-refractivity contribution in [2.45, 2.75) is 45.0 Å². The standard InChI is InChI=1S/C13H19NOSi/c1-9-4-5-11(13(14)6-7-13)12-10(9)8-15-16(12,2)3/h4-5H,6-8,14H2,1-3H3. The fraction of sp³-hybridized carbons (Fsp3) is 0.538. The lowest BCUT2D eigenvalue weighted by Gasteiger charge is -2.22. The molecular formula is C13H19NOSi. The van der Waals surface area contributed by atoms with Crippen molar-refractivity contribution in [2.24, 2.45) is 5.73 Å². The highest BCUT2D eigenvalue weighted by Crippen LogP contribution is 2.44. The van der Waals surface area contributed by atoms with E-state index in [1.165, 1.54) is 21.9 Å². The van der Waals surface area contributed by atoms with Crippen molar-refractivity contribution in [3.05, 3.63) is 28.8 Å². The molecule has 1 aliphatic heterocycles. The lowest BCUT2D eigenvalue weighted by molar-refractivity contribution is 0.319. The van der Waals surface area contributed by atoms with Gasteiger partial charge in [0.2, 0.25) is 8.32 Å². The minimum absolute atomic E-state index is 0.0320. The van der Waals surface area contributed by atoms with E-state index >= 15 is 0 Å². The largest absolute Gasteiger partial charge is 0.409 e. The quantitative estimate of drug-likeness (QED) is 0.752. The minimum Gasteiger partial charge on any atom is -0.409 e. The predicted molar refractivity (Wildman–Crippen MR) is 68.2 cm³/mol. The van der Waals surface area contributed by atoms with Gasteiger partial charge in [0.25, 0.3) is 0 Å². The number of hydrogen-bond donors (Lipinski definition) is 1. The average Bonchev–Trinajstić information content (AvgIpc) is 2.87. The fourth-order valence-electron chi connectivity index (χ4n) is 2.77. The highest BCUT2D eigenvalue weighted by atomic mass is 28.4. The molecule has 0 bridgehead atoms. The Morgan fingerprint density at radius 3 is 2.62 bits per heavy atom. The minimum atomic E-state index is -1.69. The second-order valence-electron chi connectivity index (χ2n) is 5.74. The average molecular weight is 233 g/mol. The van der Waals surface area contributed by atoms with E-state index in [-0.39, 0.29) is 5.54 Å². The zero-order valence-electron chi connectivity index (χ0n) is 10.3. The molecule has 2 N–H and O–H groups in total. The summed E-state index contributed by atoms with van der Waals surface area (Å²) in [6.07, 6.45) is 2.26. The van der Waals surface area contributed by atoms with Crippen LogP contribution in [-0.2, 0) is 16.6 Å². The van der Waals surface area contributed by atoms with Crippen molar-refractivity contribution in [2.75, 3.05) is 0 Å². The van der Waals surface area contributed by atoms with E-state index in [4.69, 9.17) is 10.2 Å². The Balaban J connectivity index is 2.25. The first kappa shape index (κ1) is 10.5. The molecule has 0 aromatic heterocycles. The van der Waals surface area contributed by atoms with Crippen LogP contribution in [0.5, 0.6) is 0 Å². The van der Waals surface area contributed by atoms with E-state index in [0.717, 1.165) is 19.4 Å². The summed E-state index contributed by atoms with van der Waals surface area (Å²) in [5.41, 5.74) is 10.5. The third-order valence-corrected chi connectivity index (χ3v) is 6.69. The molecule has 1 saturated carbocycles. The summed E-state index contributed by atoms with van der Waals surface area (Å²) in [6, 6.07) is 4.45. The number of aryl methyl sites for hydroxylation is 1. The zero-order chi connectivity index (χ0) is 11.6. The Kier molecular flexibility index (Phi) is 1.95. The monoisotopic (exact) mass is 233 g/mol. The van der Waals surface area contributed by atoms with E-state index in [0.29, 0.717) is 0 Å². The van der Waals surface area contributed by atoms with Gasteiger partial charge in [-0.2, -0.15) is 0 Å². The smallest absolute Gasteiger partial charge is 0.219 e. The Morgan fingerprint density at radius 2 is 2.00 bits per heavy atom. The van der Waals surface area contributed by atoms with Crippen molar-refractivity contribution in [1.29, 1.82) is 0 Å². The number of fused-ring (bicyclic) bond motifs is 1. The summed E-state index contributed by atoms with van der Waals surface area (Å²) >= 11 is 0. The van der Waals surface area contributed by atoms with Gasteiger partial charge in [0.1, 0.15) is 0 Å². The molecule has 1 aromatic carbocycles. The number of benzene rings is 1. The van der Waals surface area contributed by atoms with Crippen LogP contribution in [0.4, 0.5) is 0 Å². The van der Waals surface area contributed by atoms with Crippen LogP contribution in [0, 0.1) is 6.92 Å². The van der Waals surface area contributed by atoms with Gasteiger partial charge in [-0.15, -0.1) is 0 Å². The molecule has 3 heteroatoms. The van der Waals surface area contributed by atoms with E-state index in [1.54, 1.807) is 0 Å². The first-order valence-electron chi connectivity index (χ1n) is 6.00. The predicted octanol–water partition coefficient (Wildman–Crippen LogP) is 1.89. The van der Waals surface area contributed by atoms with Gasteiger partial charge in [-0.05, 0) is 54.7 Å². The van der Waals surface area contributed by atoms with E-state index < -0.39 is 8.32 Å².